The molecule has 22 heavy (non-hydrogen) atoms. The largest absolute Gasteiger partial charge is 0.356 e. The van der Waals surface area contributed by atoms with Crippen LogP contribution < -0.4 is 5.32 Å². The third kappa shape index (κ3) is 5.64. The number of amides is 1. The molecule has 0 aliphatic carbocycles. The minimum atomic E-state index is 0.204. The Hall–Kier alpha value is -2.86. The summed E-state index contributed by atoms with van der Waals surface area (Å²) in [5, 5.41) is 12.7. The summed E-state index contributed by atoms with van der Waals surface area (Å²) >= 11 is 0. The molecule has 0 unspecified atom stereocenters. The first-order chi connectivity index (χ1) is 10.7. The Bertz CT molecular complexity index is 670. The fourth-order valence-corrected chi connectivity index (χ4v) is 1.99. The number of rotatable bonds is 1. The predicted octanol–water partition coefficient (Wildman–Crippen LogP) is 4.08. The van der Waals surface area contributed by atoms with Crippen molar-refractivity contribution < 1.29 is 4.79 Å². The van der Waals surface area contributed by atoms with Crippen LogP contribution in [0.1, 0.15) is 18.4 Å². The average molecular weight is 292 g/mol. The maximum absolute atomic E-state index is 10.1. The number of carbonyl (C=O) groups excluding carboxylic acids is 1. The Labute approximate surface area is 131 Å². The Balaban J connectivity index is 0.000000203. The van der Waals surface area contributed by atoms with Gasteiger partial charge < -0.3 is 5.32 Å². The zero-order chi connectivity index (χ0) is 16.2. The van der Waals surface area contributed by atoms with Crippen LogP contribution in [0.3, 0.4) is 0 Å². The van der Waals surface area contributed by atoms with Crippen molar-refractivity contribution >= 4 is 22.8 Å². The zero-order valence-electron chi connectivity index (χ0n) is 12.6. The van der Waals surface area contributed by atoms with E-state index in [1.54, 1.807) is 6.07 Å². The Morgan fingerprint density at radius 3 is 2.32 bits per heavy atom. The van der Waals surface area contributed by atoms with Gasteiger partial charge in [-0.15, -0.1) is 0 Å². The topological polar surface area (TPSA) is 52.9 Å². The third-order valence-corrected chi connectivity index (χ3v) is 3.04. The molecular formula is C19H20N2O. The number of nitrogens with zero attached hydrogens (tertiary/aromatic N) is 1. The molecule has 1 heterocycles. The smallest absolute Gasteiger partial charge is 0.220 e. The van der Waals surface area contributed by atoms with Crippen LogP contribution in [-0.2, 0) is 4.79 Å². The normalized spacial score (nSPS) is 11.9. The molecule has 2 aromatic carbocycles. The summed E-state index contributed by atoms with van der Waals surface area (Å²) in [7, 11) is 0. The van der Waals surface area contributed by atoms with Gasteiger partial charge in [-0.3, -0.25) is 4.79 Å². The van der Waals surface area contributed by atoms with Gasteiger partial charge >= 0.3 is 0 Å². The van der Waals surface area contributed by atoms with Crippen LogP contribution in [0, 0.1) is 11.3 Å². The van der Waals surface area contributed by atoms with Crippen LogP contribution in [0.25, 0.3) is 16.8 Å². The van der Waals surface area contributed by atoms with Crippen molar-refractivity contribution in [2.24, 2.45) is 0 Å². The molecule has 112 valence electrons. The summed E-state index contributed by atoms with van der Waals surface area (Å²) in [6.07, 6.45) is 4.83. The number of hydrogen-bond donors (Lipinski definition) is 1. The molecule has 1 aliphatic rings. The first kappa shape index (κ1) is 17.2. The highest BCUT2D eigenvalue weighted by Crippen LogP contribution is 2.18. The number of allylic oxidation sites excluding steroid dienone is 1. The second-order valence-corrected chi connectivity index (χ2v) is 4.56. The lowest BCUT2D eigenvalue weighted by Gasteiger charge is -1.99. The van der Waals surface area contributed by atoms with E-state index >= 15 is 0 Å². The van der Waals surface area contributed by atoms with Gasteiger partial charge in [0, 0.05) is 19.0 Å². The summed E-state index contributed by atoms with van der Waals surface area (Å²) in [5.74, 6) is 0.204. The number of fused-ring (bicyclic) bond motifs is 1. The van der Waals surface area contributed by atoms with E-state index < -0.39 is 0 Å². The van der Waals surface area contributed by atoms with E-state index in [9.17, 15) is 4.79 Å². The van der Waals surface area contributed by atoms with E-state index in [0.717, 1.165) is 19.4 Å². The lowest BCUT2D eigenvalue weighted by Crippen LogP contribution is -2.12. The van der Waals surface area contributed by atoms with Crippen LogP contribution >= 0.6 is 0 Å². The fourth-order valence-electron chi connectivity index (χ4n) is 1.99. The van der Waals surface area contributed by atoms with E-state index in [1.165, 1.54) is 22.4 Å². The van der Waals surface area contributed by atoms with Crippen molar-refractivity contribution in [2.45, 2.75) is 12.8 Å². The minimum Gasteiger partial charge on any atom is -0.356 e. The molecule has 3 rings (SSSR count). The van der Waals surface area contributed by atoms with Crippen molar-refractivity contribution in [1.29, 1.82) is 5.26 Å². The van der Waals surface area contributed by atoms with Crippen LogP contribution in [0.15, 0.2) is 61.7 Å². The van der Waals surface area contributed by atoms with Gasteiger partial charge in [-0.25, -0.2) is 0 Å². The molecule has 0 bridgehead atoms. The Morgan fingerprint density at radius 1 is 1.14 bits per heavy atom. The maximum Gasteiger partial charge on any atom is 0.220 e. The molecule has 0 spiro atoms. The number of benzene rings is 2. The van der Waals surface area contributed by atoms with Crippen molar-refractivity contribution in [1.82, 2.24) is 5.32 Å². The maximum atomic E-state index is 10.1. The van der Waals surface area contributed by atoms with Crippen LogP contribution in [0.4, 0.5) is 0 Å². The van der Waals surface area contributed by atoms with E-state index in [2.05, 4.69) is 60.9 Å². The molecule has 3 nitrogen and oxygen atoms in total. The van der Waals surface area contributed by atoms with Gasteiger partial charge in [-0.05, 0) is 22.8 Å². The van der Waals surface area contributed by atoms with Gasteiger partial charge in [0.1, 0.15) is 0 Å². The molecule has 1 aliphatic heterocycles. The third-order valence-electron chi connectivity index (χ3n) is 3.04. The monoisotopic (exact) mass is 292 g/mol. The molecule has 1 N–H and O–H groups in total. The summed E-state index contributed by atoms with van der Waals surface area (Å²) in [4.78, 5) is 10.1. The molecular weight excluding hydrogens is 272 g/mol. The molecule has 1 fully saturated rings. The summed E-state index contributed by atoms with van der Waals surface area (Å²) in [6, 6.07) is 16.3. The minimum absolute atomic E-state index is 0.204. The SMILES string of the molecule is C=CC#N.C=Cc1cccc2ccccc12.O=C1CCCN1. The number of nitriles is 1. The van der Waals surface area contributed by atoms with Crippen molar-refractivity contribution in [3.63, 3.8) is 0 Å². The molecule has 3 heteroatoms. The highest BCUT2D eigenvalue weighted by atomic mass is 16.1. The molecule has 0 aromatic heterocycles. The number of nitrogens with one attached hydrogen (secondary N) is 1. The van der Waals surface area contributed by atoms with Crippen LogP contribution in [-0.4, -0.2) is 12.5 Å². The molecule has 0 saturated carbocycles. The van der Waals surface area contributed by atoms with Crippen LogP contribution in [0.2, 0.25) is 0 Å². The summed E-state index contributed by atoms with van der Waals surface area (Å²) in [5.41, 5.74) is 1.20. The highest BCUT2D eigenvalue weighted by Gasteiger charge is 2.05. The van der Waals surface area contributed by atoms with Gasteiger partial charge in [-0.1, -0.05) is 61.7 Å². The number of carbonyl (C=O) groups is 1. The van der Waals surface area contributed by atoms with Crippen molar-refractivity contribution in [3.05, 3.63) is 67.3 Å². The second kappa shape index (κ2) is 9.95. The lowest BCUT2D eigenvalue weighted by molar-refractivity contribution is -0.119. The van der Waals surface area contributed by atoms with Gasteiger partial charge in [0.25, 0.3) is 0 Å². The van der Waals surface area contributed by atoms with E-state index in [0.29, 0.717) is 0 Å². The Morgan fingerprint density at radius 2 is 1.82 bits per heavy atom. The second-order valence-electron chi connectivity index (χ2n) is 4.56. The molecule has 1 amide bonds. The van der Waals surface area contributed by atoms with E-state index in [1.807, 2.05) is 6.08 Å². The fraction of sp³-hybridized carbons (Fsp3) is 0.158. The Kier molecular flexibility index (Phi) is 7.78. The van der Waals surface area contributed by atoms with Crippen molar-refractivity contribution in [3.8, 4) is 6.07 Å². The summed E-state index contributed by atoms with van der Waals surface area (Å²) < 4.78 is 0. The first-order valence-corrected chi connectivity index (χ1v) is 7.10. The van der Waals surface area contributed by atoms with Crippen molar-refractivity contribution in [2.75, 3.05) is 6.54 Å². The van der Waals surface area contributed by atoms with Gasteiger partial charge in [0.05, 0.1) is 6.07 Å². The molecule has 2 aromatic rings. The lowest BCUT2D eigenvalue weighted by atomic mass is 10.1. The predicted molar refractivity (Wildman–Crippen MR) is 92.1 cm³/mol. The van der Waals surface area contributed by atoms with Gasteiger partial charge in [0.15, 0.2) is 0 Å². The van der Waals surface area contributed by atoms with E-state index in [4.69, 9.17) is 5.26 Å². The molecule has 0 atom stereocenters. The van der Waals surface area contributed by atoms with Gasteiger partial charge in [-0.2, -0.15) is 5.26 Å². The summed E-state index contributed by atoms with van der Waals surface area (Å²) in [6.45, 7) is 7.79. The van der Waals surface area contributed by atoms with E-state index in [-0.39, 0.29) is 5.91 Å². The van der Waals surface area contributed by atoms with Crippen LogP contribution in [0.5, 0.6) is 0 Å². The van der Waals surface area contributed by atoms with Gasteiger partial charge in [0.2, 0.25) is 5.91 Å². The first-order valence-electron chi connectivity index (χ1n) is 7.10. The molecule has 1 saturated heterocycles. The standard InChI is InChI=1S/C12H10.C4H7NO.C3H3N/c1-2-10-7-5-8-11-6-3-4-9-12(10)11;6-4-2-1-3-5-4;1-2-3-4/h2-9H,1H2;1-3H2,(H,5,6);2H,1H2. The average Bonchev–Trinajstić information content (AvgIpc) is 3.06. The quantitative estimate of drug-likeness (QED) is 0.805. The molecule has 0 radical (unpaired) electrons. The zero-order valence-corrected chi connectivity index (χ0v) is 12.6. The highest BCUT2D eigenvalue weighted by molar-refractivity contribution is 5.90. The number of hydrogen-bond acceptors (Lipinski definition) is 2.